The third kappa shape index (κ3) is 3.64. The second-order valence-corrected chi connectivity index (χ2v) is 7.65. The number of amides is 1. The Balaban J connectivity index is 1.79. The number of rotatable bonds is 3. The number of aromatic nitrogens is 2. The Hall–Kier alpha value is -2.75. The minimum absolute atomic E-state index is 0.00458. The molecule has 0 unspecified atom stereocenters. The van der Waals surface area contributed by atoms with Gasteiger partial charge in [-0.3, -0.25) is 14.2 Å². The number of alkyl halides is 3. The summed E-state index contributed by atoms with van der Waals surface area (Å²) in [7, 11) is 0. The summed E-state index contributed by atoms with van der Waals surface area (Å²) < 4.78 is 54.6. The predicted molar refractivity (Wildman–Crippen MR) is 100 cm³/mol. The molecule has 0 bridgehead atoms. The molecular formula is C19H15F4N3O2S. The molecule has 29 heavy (non-hydrogen) atoms. The molecule has 3 heterocycles. The first-order chi connectivity index (χ1) is 13.8. The molecule has 1 aliphatic heterocycles. The Labute approximate surface area is 166 Å². The van der Waals surface area contributed by atoms with Crippen molar-refractivity contribution in [2.45, 2.75) is 25.6 Å². The van der Waals surface area contributed by atoms with Gasteiger partial charge in [-0.25, -0.2) is 9.37 Å². The monoisotopic (exact) mass is 425 g/mol. The maximum absolute atomic E-state index is 14.3. The van der Waals surface area contributed by atoms with Gasteiger partial charge in [-0.2, -0.15) is 13.2 Å². The van der Waals surface area contributed by atoms with Crippen molar-refractivity contribution < 1.29 is 22.4 Å². The summed E-state index contributed by atoms with van der Waals surface area (Å²) in [5.74, 6) is -1.10. The summed E-state index contributed by atoms with van der Waals surface area (Å²) in [6, 6.07) is 2.06. The third-order valence-corrected chi connectivity index (χ3v) is 5.80. The number of likely N-dealkylation sites (tertiary alicyclic amines) is 1. The number of halogens is 4. The van der Waals surface area contributed by atoms with Gasteiger partial charge in [-0.1, -0.05) is 0 Å². The highest BCUT2D eigenvalue weighted by Gasteiger charge is 2.31. The van der Waals surface area contributed by atoms with Crippen LogP contribution in [0.4, 0.5) is 17.6 Å². The summed E-state index contributed by atoms with van der Waals surface area (Å²) >= 11 is 1.03. The van der Waals surface area contributed by atoms with Gasteiger partial charge < -0.3 is 4.90 Å². The second-order valence-electron chi connectivity index (χ2n) is 6.79. The van der Waals surface area contributed by atoms with Crippen molar-refractivity contribution in [2.24, 2.45) is 0 Å². The van der Waals surface area contributed by atoms with E-state index in [4.69, 9.17) is 0 Å². The lowest BCUT2D eigenvalue weighted by Crippen LogP contribution is -2.34. The molecule has 3 aromatic rings. The van der Waals surface area contributed by atoms with E-state index in [-0.39, 0.29) is 33.8 Å². The molecule has 0 atom stereocenters. The fourth-order valence-corrected chi connectivity index (χ4v) is 4.30. The Kier molecular flexibility index (Phi) is 4.89. The summed E-state index contributed by atoms with van der Waals surface area (Å²) in [5, 5.41) is 1.41. The zero-order valence-electron chi connectivity index (χ0n) is 15.0. The van der Waals surface area contributed by atoms with Gasteiger partial charge in [-0.05, 0) is 31.0 Å². The van der Waals surface area contributed by atoms with Crippen LogP contribution in [0.25, 0.3) is 21.3 Å². The van der Waals surface area contributed by atoms with Crippen molar-refractivity contribution >= 4 is 27.5 Å². The van der Waals surface area contributed by atoms with Crippen molar-refractivity contribution in [3.63, 3.8) is 0 Å². The van der Waals surface area contributed by atoms with E-state index in [0.717, 1.165) is 34.8 Å². The molecule has 0 radical (unpaired) electrons. The van der Waals surface area contributed by atoms with Gasteiger partial charge in [0.1, 0.15) is 17.2 Å². The SMILES string of the molecule is O=C(Cn1cnc2scc(-c3cc(C(F)(F)F)ccc3F)c2c1=O)N1CCCC1. The summed E-state index contributed by atoms with van der Waals surface area (Å²) in [4.78, 5) is 31.4. The van der Waals surface area contributed by atoms with Gasteiger partial charge in [0.2, 0.25) is 5.91 Å². The molecule has 1 aromatic carbocycles. The molecule has 4 rings (SSSR count). The van der Waals surface area contributed by atoms with E-state index in [1.165, 1.54) is 11.7 Å². The van der Waals surface area contributed by atoms with E-state index in [1.54, 1.807) is 4.90 Å². The van der Waals surface area contributed by atoms with Crippen molar-refractivity contribution in [3.8, 4) is 11.1 Å². The van der Waals surface area contributed by atoms with Crippen LogP contribution in [-0.2, 0) is 17.5 Å². The summed E-state index contributed by atoms with van der Waals surface area (Å²) in [6.07, 6.45) is -1.60. The van der Waals surface area contributed by atoms with Gasteiger partial charge in [0, 0.05) is 29.6 Å². The number of carbonyl (C=O) groups is 1. The first-order valence-corrected chi connectivity index (χ1v) is 9.75. The topological polar surface area (TPSA) is 55.2 Å². The highest BCUT2D eigenvalue weighted by molar-refractivity contribution is 7.17. The summed E-state index contributed by atoms with van der Waals surface area (Å²) in [6.45, 7) is 1.03. The lowest BCUT2D eigenvalue weighted by molar-refractivity contribution is -0.137. The van der Waals surface area contributed by atoms with E-state index >= 15 is 0 Å². The zero-order valence-corrected chi connectivity index (χ0v) is 15.8. The van der Waals surface area contributed by atoms with Crippen molar-refractivity contribution in [1.29, 1.82) is 0 Å². The molecule has 5 nitrogen and oxygen atoms in total. The second kappa shape index (κ2) is 7.25. The van der Waals surface area contributed by atoms with Crippen LogP contribution in [0.2, 0.25) is 0 Å². The van der Waals surface area contributed by atoms with Crippen LogP contribution >= 0.6 is 11.3 Å². The Bertz CT molecular complexity index is 1150. The fraction of sp³-hybridized carbons (Fsp3) is 0.316. The lowest BCUT2D eigenvalue weighted by Gasteiger charge is -2.15. The molecule has 2 aromatic heterocycles. The van der Waals surface area contributed by atoms with E-state index < -0.39 is 23.1 Å². The van der Waals surface area contributed by atoms with E-state index in [1.807, 2.05) is 0 Å². The molecule has 1 amide bonds. The molecule has 0 saturated carbocycles. The average Bonchev–Trinajstić information content (AvgIpc) is 3.33. The predicted octanol–water partition coefficient (Wildman–Crippen LogP) is 3.91. The number of carbonyl (C=O) groups excluding carboxylic acids is 1. The fourth-order valence-electron chi connectivity index (χ4n) is 3.40. The number of nitrogens with zero attached hydrogens (tertiary/aromatic N) is 3. The molecule has 152 valence electrons. The lowest BCUT2D eigenvalue weighted by atomic mass is 10.0. The van der Waals surface area contributed by atoms with Crippen LogP contribution in [0, 0.1) is 5.82 Å². The van der Waals surface area contributed by atoms with Crippen molar-refractivity contribution in [1.82, 2.24) is 14.5 Å². The van der Waals surface area contributed by atoms with Gasteiger partial charge in [0.05, 0.1) is 17.3 Å². The molecule has 1 aliphatic rings. The third-order valence-electron chi connectivity index (χ3n) is 4.91. The molecule has 1 saturated heterocycles. The summed E-state index contributed by atoms with van der Waals surface area (Å²) in [5.41, 5.74) is -1.89. The number of thiophene rings is 1. The van der Waals surface area contributed by atoms with Gasteiger partial charge in [-0.15, -0.1) is 11.3 Å². The first kappa shape index (κ1) is 19.6. The smallest absolute Gasteiger partial charge is 0.341 e. The number of hydrogen-bond acceptors (Lipinski definition) is 4. The molecule has 0 N–H and O–H groups in total. The Morgan fingerprint density at radius 1 is 1.17 bits per heavy atom. The highest BCUT2D eigenvalue weighted by atomic mass is 32.1. The van der Waals surface area contributed by atoms with Gasteiger partial charge in [0.25, 0.3) is 5.56 Å². The number of hydrogen-bond donors (Lipinski definition) is 0. The van der Waals surface area contributed by atoms with Crippen LogP contribution in [0.3, 0.4) is 0 Å². The van der Waals surface area contributed by atoms with Gasteiger partial charge in [0.15, 0.2) is 0 Å². The first-order valence-electron chi connectivity index (χ1n) is 8.87. The quantitative estimate of drug-likeness (QED) is 0.598. The van der Waals surface area contributed by atoms with Gasteiger partial charge >= 0.3 is 6.18 Å². The zero-order chi connectivity index (χ0) is 20.8. The Morgan fingerprint density at radius 3 is 2.59 bits per heavy atom. The maximum Gasteiger partial charge on any atom is 0.416 e. The van der Waals surface area contributed by atoms with Crippen LogP contribution in [0.1, 0.15) is 18.4 Å². The standard InChI is InChI=1S/C19H15F4N3O2S/c20-14-4-3-11(19(21,22)23)7-12(14)13-9-29-17-16(13)18(28)26(10-24-17)8-15(27)25-5-1-2-6-25/h3-4,7,9-10H,1-2,5-6,8H2. The molecule has 0 aliphatic carbocycles. The van der Waals surface area contributed by atoms with E-state index in [9.17, 15) is 27.2 Å². The van der Waals surface area contributed by atoms with Crippen molar-refractivity contribution in [3.05, 3.63) is 51.6 Å². The van der Waals surface area contributed by atoms with Crippen molar-refractivity contribution in [2.75, 3.05) is 13.1 Å². The maximum atomic E-state index is 14.3. The number of benzene rings is 1. The van der Waals surface area contributed by atoms with E-state index in [2.05, 4.69) is 4.98 Å². The number of fused-ring (bicyclic) bond motifs is 1. The van der Waals surface area contributed by atoms with Crippen LogP contribution < -0.4 is 5.56 Å². The minimum Gasteiger partial charge on any atom is -0.341 e. The molecule has 10 heteroatoms. The van der Waals surface area contributed by atoms with Crippen LogP contribution in [0.15, 0.2) is 34.7 Å². The normalized spacial score (nSPS) is 14.7. The minimum atomic E-state index is -4.64. The molecular weight excluding hydrogens is 410 g/mol. The van der Waals surface area contributed by atoms with Crippen LogP contribution in [0.5, 0.6) is 0 Å². The average molecular weight is 425 g/mol. The highest BCUT2D eigenvalue weighted by Crippen LogP contribution is 2.37. The molecule has 1 fully saturated rings. The Morgan fingerprint density at radius 2 is 1.90 bits per heavy atom. The molecule has 0 spiro atoms. The largest absolute Gasteiger partial charge is 0.416 e. The van der Waals surface area contributed by atoms with Crippen LogP contribution in [-0.4, -0.2) is 33.4 Å². The van der Waals surface area contributed by atoms with E-state index in [0.29, 0.717) is 25.2 Å².